The third kappa shape index (κ3) is 1.34. The van der Waals surface area contributed by atoms with E-state index >= 15 is 0 Å². The minimum Gasteiger partial charge on any atom is -0.385 e. The van der Waals surface area contributed by atoms with Crippen molar-refractivity contribution >= 4 is 0 Å². The molecule has 1 saturated carbocycles. The van der Waals surface area contributed by atoms with Crippen molar-refractivity contribution in [1.82, 2.24) is 0 Å². The zero-order valence-electron chi connectivity index (χ0n) is 7.79. The summed E-state index contributed by atoms with van der Waals surface area (Å²) >= 11 is 0. The van der Waals surface area contributed by atoms with Crippen LogP contribution in [0, 0.1) is 11.8 Å². The zero-order chi connectivity index (χ0) is 9.19. The molecule has 68 valence electrons. The predicted octanol–water partition coefficient (Wildman–Crippen LogP) is 2.53. The summed E-state index contributed by atoms with van der Waals surface area (Å²) in [4.78, 5) is 0. The Morgan fingerprint density at radius 3 is 2.50 bits per heavy atom. The first-order valence-corrected chi connectivity index (χ1v) is 4.63. The van der Waals surface area contributed by atoms with Gasteiger partial charge < -0.3 is 5.11 Å². The van der Waals surface area contributed by atoms with Gasteiger partial charge in [0.15, 0.2) is 0 Å². The number of hydrogen-bond donors (Lipinski definition) is 1. The Labute approximate surface area is 74.8 Å². The molecule has 0 spiro atoms. The highest BCUT2D eigenvalue weighted by Crippen LogP contribution is 2.39. The van der Waals surface area contributed by atoms with E-state index in [1.807, 2.05) is 6.08 Å². The lowest BCUT2D eigenvalue weighted by Gasteiger charge is -2.41. The van der Waals surface area contributed by atoms with Gasteiger partial charge in [-0.3, -0.25) is 0 Å². The summed E-state index contributed by atoms with van der Waals surface area (Å²) in [7, 11) is 0. The van der Waals surface area contributed by atoms with E-state index in [1.165, 1.54) is 6.42 Å². The SMILES string of the molecule is C=C[C@H]1CCCC(C)[C@@]1(O)C=C. The second-order valence-electron chi connectivity index (χ2n) is 3.77. The molecule has 1 aliphatic carbocycles. The number of hydrogen-bond acceptors (Lipinski definition) is 1. The fourth-order valence-electron chi connectivity index (χ4n) is 2.13. The van der Waals surface area contributed by atoms with Crippen LogP contribution >= 0.6 is 0 Å². The van der Waals surface area contributed by atoms with Crippen LogP contribution in [0.25, 0.3) is 0 Å². The first kappa shape index (κ1) is 9.53. The highest BCUT2D eigenvalue weighted by atomic mass is 16.3. The van der Waals surface area contributed by atoms with Crippen molar-refractivity contribution in [3.05, 3.63) is 25.3 Å². The summed E-state index contributed by atoms with van der Waals surface area (Å²) < 4.78 is 0. The average Bonchev–Trinajstić information content (AvgIpc) is 2.10. The van der Waals surface area contributed by atoms with Crippen LogP contribution in [0.5, 0.6) is 0 Å². The van der Waals surface area contributed by atoms with Crippen molar-refractivity contribution in [2.45, 2.75) is 31.8 Å². The van der Waals surface area contributed by atoms with Crippen LogP contribution in [0.1, 0.15) is 26.2 Å². The van der Waals surface area contributed by atoms with Gasteiger partial charge in [-0.25, -0.2) is 0 Å². The second kappa shape index (κ2) is 3.44. The van der Waals surface area contributed by atoms with E-state index < -0.39 is 5.60 Å². The Hall–Kier alpha value is -0.560. The number of aliphatic hydroxyl groups is 1. The van der Waals surface area contributed by atoms with Crippen LogP contribution in [-0.2, 0) is 0 Å². The monoisotopic (exact) mass is 166 g/mol. The number of rotatable bonds is 2. The normalized spacial score (nSPS) is 42.2. The molecule has 3 atom stereocenters. The largest absolute Gasteiger partial charge is 0.385 e. The molecule has 1 aliphatic rings. The Morgan fingerprint density at radius 1 is 1.42 bits per heavy atom. The summed E-state index contributed by atoms with van der Waals surface area (Å²) in [5, 5.41) is 10.2. The Balaban J connectivity index is 2.86. The van der Waals surface area contributed by atoms with Gasteiger partial charge in [0, 0.05) is 5.92 Å². The first-order chi connectivity index (χ1) is 5.65. The molecule has 1 fully saturated rings. The molecule has 0 saturated heterocycles. The minimum atomic E-state index is -0.708. The maximum absolute atomic E-state index is 10.2. The first-order valence-electron chi connectivity index (χ1n) is 4.63. The fourth-order valence-corrected chi connectivity index (χ4v) is 2.13. The Bertz CT molecular complexity index is 185. The van der Waals surface area contributed by atoms with Crippen LogP contribution in [0.3, 0.4) is 0 Å². The lowest BCUT2D eigenvalue weighted by Crippen LogP contribution is -2.44. The van der Waals surface area contributed by atoms with Crippen LogP contribution in [0.4, 0.5) is 0 Å². The van der Waals surface area contributed by atoms with Crippen LogP contribution in [0.15, 0.2) is 25.3 Å². The molecule has 0 aromatic heterocycles. The molecular formula is C11H18O. The summed E-state index contributed by atoms with van der Waals surface area (Å²) in [6.07, 6.45) is 6.86. The van der Waals surface area contributed by atoms with Crippen LogP contribution in [-0.4, -0.2) is 10.7 Å². The molecule has 0 amide bonds. The molecule has 1 rings (SSSR count). The summed E-state index contributed by atoms with van der Waals surface area (Å²) in [5.41, 5.74) is -0.708. The third-order valence-corrected chi connectivity index (χ3v) is 3.15. The maximum atomic E-state index is 10.2. The van der Waals surface area contributed by atoms with Crippen molar-refractivity contribution in [3.63, 3.8) is 0 Å². The molecule has 0 aliphatic heterocycles. The highest BCUT2D eigenvalue weighted by Gasteiger charge is 2.39. The van der Waals surface area contributed by atoms with E-state index in [2.05, 4.69) is 20.1 Å². The fraction of sp³-hybridized carbons (Fsp3) is 0.636. The van der Waals surface area contributed by atoms with E-state index in [-0.39, 0.29) is 5.92 Å². The molecule has 1 N–H and O–H groups in total. The van der Waals surface area contributed by atoms with Gasteiger partial charge in [-0.15, -0.1) is 13.2 Å². The average molecular weight is 166 g/mol. The minimum absolute atomic E-state index is 0.193. The van der Waals surface area contributed by atoms with E-state index in [4.69, 9.17) is 0 Å². The molecule has 1 nitrogen and oxygen atoms in total. The molecule has 0 bridgehead atoms. The second-order valence-corrected chi connectivity index (χ2v) is 3.77. The summed E-state index contributed by atoms with van der Waals surface area (Å²) in [6, 6.07) is 0. The zero-order valence-corrected chi connectivity index (χ0v) is 7.79. The van der Waals surface area contributed by atoms with Gasteiger partial charge in [0.1, 0.15) is 0 Å². The standard InChI is InChI=1S/C11H18O/c1-4-10-8-6-7-9(3)11(10,12)5-2/h4-5,9-10,12H,1-2,6-8H2,3H3/t9?,10-,11-/m0/s1. The molecule has 0 aromatic carbocycles. The molecule has 0 heterocycles. The molecule has 12 heavy (non-hydrogen) atoms. The summed E-state index contributed by atoms with van der Waals surface area (Å²) in [5.74, 6) is 0.505. The predicted molar refractivity (Wildman–Crippen MR) is 51.8 cm³/mol. The van der Waals surface area contributed by atoms with Crippen molar-refractivity contribution in [1.29, 1.82) is 0 Å². The lowest BCUT2D eigenvalue weighted by molar-refractivity contribution is -0.0288. The highest BCUT2D eigenvalue weighted by molar-refractivity contribution is 5.10. The van der Waals surface area contributed by atoms with Crippen molar-refractivity contribution in [3.8, 4) is 0 Å². The van der Waals surface area contributed by atoms with Crippen molar-refractivity contribution in [2.75, 3.05) is 0 Å². The van der Waals surface area contributed by atoms with E-state index in [0.29, 0.717) is 5.92 Å². The summed E-state index contributed by atoms with van der Waals surface area (Å²) in [6.45, 7) is 9.54. The molecule has 1 unspecified atom stereocenters. The Kier molecular flexibility index (Phi) is 2.73. The van der Waals surface area contributed by atoms with Crippen molar-refractivity contribution in [2.24, 2.45) is 11.8 Å². The van der Waals surface area contributed by atoms with Crippen LogP contribution < -0.4 is 0 Å². The van der Waals surface area contributed by atoms with E-state index in [0.717, 1.165) is 12.8 Å². The topological polar surface area (TPSA) is 20.2 Å². The van der Waals surface area contributed by atoms with Gasteiger partial charge in [-0.05, 0) is 18.8 Å². The Morgan fingerprint density at radius 2 is 2.08 bits per heavy atom. The van der Waals surface area contributed by atoms with Crippen LogP contribution in [0.2, 0.25) is 0 Å². The smallest absolute Gasteiger partial charge is 0.0912 e. The molecule has 1 heteroatoms. The molecule has 0 aromatic rings. The van der Waals surface area contributed by atoms with E-state index in [1.54, 1.807) is 6.08 Å². The molecule has 0 radical (unpaired) electrons. The van der Waals surface area contributed by atoms with Gasteiger partial charge in [-0.1, -0.05) is 25.5 Å². The quantitative estimate of drug-likeness (QED) is 0.625. The molecular weight excluding hydrogens is 148 g/mol. The van der Waals surface area contributed by atoms with Gasteiger partial charge in [0.05, 0.1) is 5.60 Å². The van der Waals surface area contributed by atoms with Gasteiger partial charge >= 0.3 is 0 Å². The van der Waals surface area contributed by atoms with Gasteiger partial charge in [0.2, 0.25) is 0 Å². The van der Waals surface area contributed by atoms with Gasteiger partial charge in [0.25, 0.3) is 0 Å². The third-order valence-electron chi connectivity index (χ3n) is 3.15. The maximum Gasteiger partial charge on any atom is 0.0912 e. The van der Waals surface area contributed by atoms with Gasteiger partial charge in [-0.2, -0.15) is 0 Å². The lowest BCUT2D eigenvalue weighted by atomic mass is 9.69. The van der Waals surface area contributed by atoms with E-state index in [9.17, 15) is 5.11 Å². The van der Waals surface area contributed by atoms with Crippen molar-refractivity contribution < 1.29 is 5.11 Å².